The van der Waals surface area contributed by atoms with Gasteiger partial charge >= 0.3 is 0 Å². The number of aryl methyl sites for hydroxylation is 3. The molecule has 0 bridgehead atoms. The van der Waals surface area contributed by atoms with Crippen molar-refractivity contribution in [1.82, 2.24) is 0 Å². The smallest absolute Gasteiger partial charge is 0.0583 e. The highest BCUT2D eigenvalue weighted by atomic mass is 16.5. The van der Waals surface area contributed by atoms with Crippen molar-refractivity contribution in [2.24, 2.45) is 0 Å². The van der Waals surface area contributed by atoms with Crippen LogP contribution in [0.1, 0.15) is 29.2 Å². The maximum atomic E-state index is 5.29. The first-order chi connectivity index (χ1) is 6.54. The molecule has 78 valence electrons. The van der Waals surface area contributed by atoms with Gasteiger partial charge in [0.15, 0.2) is 0 Å². The van der Waals surface area contributed by atoms with Crippen LogP contribution in [0, 0.1) is 20.8 Å². The van der Waals surface area contributed by atoms with E-state index in [9.17, 15) is 0 Å². The molecular formula is C13H20O. The fraction of sp³-hybridized carbons (Fsp3) is 0.538. The monoisotopic (exact) mass is 192 g/mol. The summed E-state index contributed by atoms with van der Waals surface area (Å²) in [5.74, 6) is 0. The van der Waals surface area contributed by atoms with Crippen molar-refractivity contribution in [2.75, 3.05) is 7.11 Å². The molecule has 1 unspecified atom stereocenters. The molecule has 1 heteroatoms. The Morgan fingerprint density at radius 3 is 2.07 bits per heavy atom. The Hall–Kier alpha value is -0.820. The summed E-state index contributed by atoms with van der Waals surface area (Å²) in [5, 5.41) is 0. The quantitative estimate of drug-likeness (QED) is 0.714. The lowest BCUT2D eigenvalue weighted by molar-refractivity contribution is 0.118. The predicted octanol–water partition coefficient (Wildman–Crippen LogP) is 3.19. The number of ether oxygens (including phenoxy) is 1. The van der Waals surface area contributed by atoms with Crippen LogP contribution >= 0.6 is 0 Å². The SMILES string of the molecule is COC(C)Cc1c(C)cc(C)cc1C. The number of methoxy groups -OCH3 is 1. The van der Waals surface area contributed by atoms with Crippen molar-refractivity contribution < 1.29 is 4.74 Å². The second-order valence-electron chi connectivity index (χ2n) is 4.13. The summed E-state index contributed by atoms with van der Waals surface area (Å²) in [5.41, 5.74) is 5.54. The van der Waals surface area contributed by atoms with Crippen molar-refractivity contribution >= 4 is 0 Å². The molecule has 14 heavy (non-hydrogen) atoms. The highest BCUT2D eigenvalue weighted by Crippen LogP contribution is 2.18. The first-order valence-corrected chi connectivity index (χ1v) is 5.14. The molecule has 0 saturated carbocycles. The summed E-state index contributed by atoms with van der Waals surface area (Å²) in [7, 11) is 1.77. The van der Waals surface area contributed by atoms with Crippen LogP contribution in [0.4, 0.5) is 0 Å². The zero-order chi connectivity index (χ0) is 10.7. The number of hydrogen-bond donors (Lipinski definition) is 0. The Morgan fingerprint density at radius 2 is 1.64 bits per heavy atom. The molecule has 0 radical (unpaired) electrons. The van der Waals surface area contributed by atoms with Crippen molar-refractivity contribution in [2.45, 2.75) is 40.2 Å². The van der Waals surface area contributed by atoms with Gasteiger partial charge in [0.05, 0.1) is 6.10 Å². The minimum absolute atomic E-state index is 0.301. The van der Waals surface area contributed by atoms with Gasteiger partial charge in [-0.1, -0.05) is 17.7 Å². The lowest BCUT2D eigenvalue weighted by Gasteiger charge is -2.15. The van der Waals surface area contributed by atoms with E-state index in [2.05, 4.69) is 39.8 Å². The van der Waals surface area contributed by atoms with Gasteiger partial charge in [-0.25, -0.2) is 0 Å². The minimum Gasteiger partial charge on any atom is -0.381 e. The molecule has 1 aromatic rings. The minimum atomic E-state index is 0.301. The van der Waals surface area contributed by atoms with Crippen LogP contribution in [0.5, 0.6) is 0 Å². The van der Waals surface area contributed by atoms with Gasteiger partial charge in [-0.2, -0.15) is 0 Å². The summed E-state index contributed by atoms with van der Waals surface area (Å²) >= 11 is 0. The summed E-state index contributed by atoms with van der Waals surface area (Å²) in [6.07, 6.45) is 1.31. The van der Waals surface area contributed by atoms with E-state index in [4.69, 9.17) is 4.74 Å². The van der Waals surface area contributed by atoms with Crippen molar-refractivity contribution in [3.8, 4) is 0 Å². The van der Waals surface area contributed by atoms with Crippen LogP contribution in [-0.2, 0) is 11.2 Å². The van der Waals surface area contributed by atoms with Crippen molar-refractivity contribution in [1.29, 1.82) is 0 Å². The lowest BCUT2D eigenvalue weighted by Crippen LogP contribution is -2.11. The fourth-order valence-corrected chi connectivity index (χ4v) is 1.90. The van der Waals surface area contributed by atoms with Crippen LogP contribution in [0.3, 0.4) is 0 Å². The average Bonchev–Trinajstić information content (AvgIpc) is 2.10. The maximum absolute atomic E-state index is 5.29. The highest BCUT2D eigenvalue weighted by Gasteiger charge is 2.07. The topological polar surface area (TPSA) is 9.23 Å². The summed E-state index contributed by atoms with van der Waals surface area (Å²) in [6.45, 7) is 8.61. The third-order valence-corrected chi connectivity index (χ3v) is 2.73. The van der Waals surface area contributed by atoms with E-state index in [1.165, 1.54) is 22.3 Å². The Bertz CT molecular complexity index is 292. The zero-order valence-electron chi connectivity index (χ0n) is 9.85. The summed E-state index contributed by atoms with van der Waals surface area (Å²) in [4.78, 5) is 0. The Labute approximate surface area is 87.1 Å². The lowest BCUT2D eigenvalue weighted by atomic mass is 9.96. The Morgan fingerprint density at radius 1 is 1.14 bits per heavy atom. The molecule has 0 amide bonds. The molecule has 0 aliphatic carbocycles. The fourth-order valence-electron chi connectivity index (χ4n) is 1.90. The number of hydrogen-bond acceptors (Lipinski definition) is 1. The average molecular weight is 192 g/mol. The van der Waals surface area contributed by atoms with Crippen LogP contribution in [0.2, 0.25) is 0 Å². The van der Waals surface area contributed by atoms with E-state index in [0.717, 1.165) is 6.42 Å². The molecule has 0 saturated heterocycles. The molecule has 0 heterocycles. The molecule has 0 aliphatic rings. The molecule has 0 N–H and O–H groups in total. The van der Waals surface area contributed by atoms with Gasteiger partial charge in [0.25, 0.3) is 0 Å². The molecule has 1 rings (SSSR count). The van der Waals surface area contributed by atoms with Gasteiger partial charge in [-0.3, -0.25) is 0 Å². The molecule has 0 fully saturated rings. The molecule has 0 aromatic heterocycles. The van der Waals surface area contributed by atoms with Crippen LogP contribution in [0.15, 0.2) is 12.1 Å². The Balaban J connectivity index is 2.96. The third kappa shape index (κ3) is 2.58. The zero-order valence-corrected chi connectivity index (χ0v) is 9.85. The van der Waals surface area contributed by atoms with E-state index < -0.39 is 0 Å². The second kappa shape index (κ2) is 4.61. The number of benzene rings is 1. The molecule has 1 atom stereocenters. The number of rotatable bonds is 3. The second-order valence-corrected chi connectivity index (χ2v) is 4.13. The Kier molecular flexibility index (Phi) is 3.70. The van der Waals surface area contributed by atoms with Gasteiger partial charge in [0.1, 0.15) is 0 Å². The van der Waals surface area contributed by atoms with E-state index in [0.29, 0.717) is 6.10 Å². The first kappa shape index (κ1) is 11.3. The predicted molar refractivity (Wildman–Crippen MR) is 60.8 cm³/mol. The van der Waals surface area contributed by atoms with Crippen molar-refractivity contribution in [3.63, 3.8) is 0 Å². The standard InChI is InChI=1S/C13H20O/c1-9-6-10(2)13(11(3)7-9)8-12(4)14-5/h6-7,12H,8H2,1-5H3. The molecule has 1 aromatic carbocycles. The van der Waals surface area contributed by atoms with Gasteiger partial charge in [0.2, 0.25) is 0 Å². The van der Waals surface area contributed by atoms with E-state index in [-0.39, 0.29) is 0 Å². The molecule has 1 nitrogen and oxygen atoms in total. The van der Waals surface area contributed by atoms with Gasteiger partial charge < -0.3 is 4.74 Å². The summed E-state index contributed by atoms with van der Waals surface area (Å²) < 4.78 is 5.29. The maximum Gasteiger partial charge on any atom is 0.0583 e. The first-order valence-electron chi connectivity index (χ1n) is 5.14. The highest BCUT2D eigenvalue weighted by molar-refractivity contribution is 5.37. The van der Waals surface area contributed by atoms with E-state index in [1.807, 2.05) is 0 Å². The van der Waals surface area contributed by atoms with E-state index >= 15 is 0 Å². The van der Waals surface area contributed by atoms with Crippen LogP contribution < -0.4 is 0 Å². The van der Waals surface area contributed by atoms with Gasteiger partial charge in [-0.05, 0) is 50.8 Å². The van der Waals surface area contributed by atoms with Gasteiger partial charge in [-0.15, -0.1) is 0 Å². The molecule has 0 aliphatic heterocycles. The normalized spacial score (nSPS) is 12.9. The van der Waals surface area contributed by atoms with Crippen molar-refractivity contribution in [3.05, 3.63) is 34.4 Å². The largest absolute Gasteiger partial charge is 0.381 e. The van der Waals surface area contributed by atoms with Crippen LogP contribution in [0.25, 0.3) is 0 Å². The third-order valence-electron chi connectivity index (χ3n) is 2.73. The van der Waals surface area contributed by atoms with Gasteiger partial charge in [0, 0.05) is 7.11 Å². The molecular weight excluding hydrogens is 172 g/mol. The van der Waals surface area contributed by atoms with E-state index in [1.54, 1.807) is 7.11 Å². The summed E-state index contributed by atoms with van der Waals surface area (Å²) in [6, 6.07) is 4.48. The van der Waals surface area contributed by atoms with Crippen LogP contribution in [-0.4, -0.2) is 13.2 Å². The molecule has 0 spiro atoms.